The highest BCUT2D eigenvalue weighted by Crippen LogP contribution is 2.29. The maximum Gasteiger partial charge on any atom is 0.265 e. The highest BCUT2D eigenvalue weighted by Gasteiger charge is 2.28. The van der Waals surface area contributed by atoms with Gasteiger partial charge in [0.05, 0.1) is 4.88 Å². The first-order chi connectivity index (χ1) is 13.6. The van der Waals surface area contributed by atoms with Crippen LogP contribution in [0.1, 0.15) is 27.7 Å². The number of hydrogen-bond donors (Lipinski definition) is 1. The Morgan fingerprint density at radius 2 is 2.00 bits per heavy atom. The molecule has 28 heavy (non-hydrogen) atoms. The van der Waals surface area contributed by atoms with E-state index in [-0.39, 0.29) is 11.8 Å². The Morgan fingerprint density at radius 3 is 2.75 bits per heavy atom. The summed E-state index contributed by atoms with van der Waals surface area (Å²) in [6.07, 6.45) is -0.559. The van der Waals surface area contributed by atoms with E-state index in [1.807, 2.05) is 53.9 Å². The molecule has 5 nitrogen and oxygen atoms in total. The second-order valence-corrected chi connectivity index (χ2v) is 7.64. The van der Waals surface area contributed by atoms with E-state index in [1.54, 1.807) is 24.0 Å². The number of ether oxygens (including phenoxy) is 1. The number of nitrogens with zero attached hydrogens (tertiary/aromatic N) is 1. The topological polar surface area (TPSA) is 58.6 Å². The quantitative estimate of drug-likeness (QED) is 0.720. The Balaban J connectivity index is 1.58. The van der Waals surface area contributed by atoms with Crippen molar-refractivity contribution in [2.45, 2.75) is 26.1 Å². The van der Waals surface area contributed by atoms with Crippen LogP contribution in [0.3, 0.4) is 0 Å². The summed E-state index contributed by atoms with van der Waals surface area (Å²) in [5, 5.41) is 4.78. The molecule has 0 bridgehead atoms. The van der Waals surface area contributed by atoms with Crippen LogP contribution in [0.15, 0.2) is 66.0 Å². The molecule has 0 saturated heterocycles. The number of fused-ring (bicyclic) bond motifs is 1. The number of benzene rings is 2. The van der Waals surface area contributed by atoms with Crippen LogP contribution in [0, 0.1) is 0 Å². The zero-order valence-electron chi connectivity index (χ0n) is 15.4. The second-order valence-electron chi connectivity index (χ2n) is 6.69. The van der Waals surface area contributed by atoms with Gasteiger partial charge in [0, 0.05) is 24.3 Å². The zero-order valence-corrected chi connectivity index (χ0v) is 16.2. The molecule has 0 radical (unpaired) electrons. The SMILES string of the molecule is C[C@H]1Oc2ccc(NC(=O)c3cccs3)cc2CN(Cc2ccccc2)C1=O. The van der Waals surface area contributed by atoms with Gasteiger partial charge in [-0.3, -0.25) is 9.59 Å². The third kappa shape index (κ3) is 3.92. The lowest BCUT2D eigenvalue weighted by atomic mass is 10.1. The standard InChI is InChI=1S/C22H20N2O3S/c1-15-22(26)24(13-16-6-3-2-4-7-16)14-17-12-18(9-10-19(17)27-15)23-21(25)20-8-5-11-28-20/h2-12,15H,13-14H2,1H3,(H,23,25)/t15-/m1/s1. The van der Waals surface area contributed by atoms with Crippen molar-refractivity contribution in [3.63, 3.8) is 0 Å². The van der Waals surface area contributed by atoms with E-state index >= 15 is 0 Å². The molecule has 2 aromatic carbocycles. The highest BCUT2D eigenvalue weighted by atomic mass is 32.1. The van der Waals surface area contributed by atoms with Gasteiger partial charge in [-0.15, -0.1) is 11.3 Å². The van der Waals surface area contributed by atoms with Gasteiger partial charge in [0.1, 0.15) is 5.75 Å². The number of amides is 2. The summed E-state index contributed by atoms with van der Waals surface area (Å²) in [6, 6.07) is 19.0. The molecular weight excluding hydrogens is 372 g/mol. The fourth-order valence-corrected chi connectivity index (χ4v) is 3.83. The molecule has 1 aromatic heterocycles. The molecule has 6 heteroatoms. The molecule has 1 aliphatic rings. The molecule has 142 valence electrons. The summed E-state index contributed by atoms with van der Waals surface area (Å²) in [5.41, 5.74) is 2.62. The third-order valence-electron chi connectivity index (χ3n) is 4.60. The van der Waals surface area contributed by atoms with E-state index in [9.17, 15) is 9.59 Å². The first kappa shape index (κ1) is 18.3. The summed E-state index contributed by atoms with van der Waals surface area (Å²) in [5.74, 6) is 0.477. The maximum atomic E-state index is 12.8. The lowest BCUT2D eigenvalue weighted by molar-refractivity contribution is -0.138. The fourth-order valence-electron chi connectivity index (χ4n) is 3.22. The maximum absolute atomic E-state index is 12.8. The molecule has 1 atom stereocenters. The van der Waals surface area contributed by atoms with Crippen LogP contribution in [0.25, 0.3) is 0 Å². The second kappa shape index (κ2) is 7.86. The minimum atomic E-state index is -0.559. The van der Waals surface area contributed by atoms with Gasteiger partial charge in [0.2, 0.25) is 0 Å². The predicted molar refractivity (Wildman–Crippen MR) is 110 cm³/mol. The smallest absolute Gasteiger partial charge is 0.265 e. The van der Waals surface area contributed by atoms with Crippen LogP contribution < -0.4 is 10.1 Å². The molecule has 3 aromatic rings. The normalized spacial score (nSPS) is 16.1. The van der Waals surface area contributed by atoms with E-state index in [1.165, 1.54) is 11.3 Å². The van der Waals surface area contributed by atoms with Crippen LogP contribution in [0.5, 0.6) is 5.75 Å². The van der Waals surface area contributed by atoms with Crippen molar-refractivity contribution in [3.8, 4) is 5.75 Å². The number of nitrogens with one attached hydrogen (secondary N) is 1. The minimum absolute atomic E-state index is 0.0516. The molecule has 2 heterocycles. The Bertz CT molecular complexity index is 986. The monoisotopic (exact) mass is 392 g/mol. The molecule has 1 N–H and O–H groups in total. The van der Waals surface area contributed by atoms with E-state index in [4.69, 9.17) is 4.74 Å². The molecule has 0 saturated carbocycles. The van der Waals surface area contributed by atoms with Crippen molar-refractivity contribution in [1.29, 1.82) is 0 Å². The summed E-state index contributed by atoms with van der Waals surface area (Å²) in [7, 11) is 0. The lowest BCUT2D eigenvalue weighted by Crippen LogP contribution is -2.37. The molecule has 2 amide bonds. The Morgan fingerprint density at radius 1 is 1.18 bits per heavy atom. The van der Waals surface area contributed by atoms with Gasteiger partial charge in [-0.1, -0.05) is 36.4 Å². The van der Waals surface area contributed by atoms with Crippen molar-refractivity contribution in [2.75, 3.05) is 5.32 Å². The van der Waals surface area contributed by atoms with Crippen LogP contribution in [0.2, 0.25) is 0 Å². The first-order valence-corrected chi connectivity index (χ1v) is 9.95. The number of anilines is 1. The Labute approximate surface area is 167 Å². The first-order valence-electron chi connectivity index (χ1n) is 9.07. The molecule has 0 spiro atoms. The Kier molecular flexibility index (Phi) is 5.12. The van der Waals surface area contributed by atoms with Crippen LogP contribution >= 0.6 is 11.3 Å². The number of rotatable bonds is 4. The Hall–Kier alpha value is -3.12. The fraction of sp³-hybridized carbons (Fsp3) is 0.182. The lowest BCUT2D eigenvalue weighted by Gasteiger charge is -2.22. The molecular formula is C22H20N2O3S. The number of carbonyl (C=O) groups excluding carboxylic acids is 2. The van der Waals surface area contributed by atoms with Crippen molar-refractivity contribution in [2.24, 2.45) is 0 Å². The van der Waals surface area contributed by atoms with Gasteiger partial charge >= 0.3 is 0 Å². The van der Waals surface area contributed by atoms with Gasteiger partial charge in [-0.05, 0) is 42.1 Å². The predicted octanol–water partition coefficient (Wildman–Crippen LogP) is 4.31. The molecule has 4 rings (SSSR count). The van der Waals surface area contributed by atoms with Gasteiger partial charge in [0.25, 0.3) is 11.8 Å². The van der Waals surface area contributed by atoms with Gasteiger partial charge in [0.15, 0.2) is 6.10 Å². The average molecular weight is 392 g/mol. The van der Waals surface area contributed by atoms with E-state index in [2.05, 4.69) is 5.32 Å². The van der Waals surface area contributed by atoms with Gasteiger partial charge in [-0.2, -0.15) is 0 Å². The minimum Gasteiger partial charge on any atom is -0.481 e. The molecule has 1 aliphatic heterocycles. The number of thiophene rings is 1. The zero-order chi connectivity index (χ0) is 19.5. The van der Waals surface area contributed by atoms with Crippen LogP contribution in [0.4, 0.5) is 5.69 Å². The summed E-state index contributed by atoms with van der Waals surface area (Å²) in [6.45, 7) is 2.70. The van der Waals surface area contributed by atoms with Crippen molar-refractivity contribution >= 4 is 28.8 Å². The summed E-state index contributed by atoms with van der Waals surface area (Å²) in [4.78, 5) is 27.5. The highest BCUT2D eigenvalue weighted by molar-refractivity contribution is 7.12. The average Bonchev–Trinajstić information content (AvgIpc) is 3.21. The van der Waals surface area contributed by atoms with Crippen LogP contribution in [-0.4, -0.2) is 22.8 Å². The number of carbonyl (C=O) groups is 2. The van der Waals surface area contributed by atoms with Gasteiger partial charge in [-0.25, -0.2) is 0 Å². The molecule has 0 fully saturated rings. The van der Waals surface area contributed by atoms with Gasteiger partial charge < -0.3 is 15.0 Å². The van der Waals surface area contributed by atoms with Crippen molar-refractivity contribution in [1.82, 2.24) is 4.90 Å². The summed E-state index contributed by atoms with van der Waals surface area (Å²) < 4.78 is 5.87. The van der Waals surface area contributed by atoms with E-state index < -0.39 is 6.10 Å². The molecule has 0 aliphatic carbocycles. The van der Waals surface area contributed by atoms with Crippen LogP contribution in [-0.2, 0) is 17.9 Å². The largest absolute Gasteiger partial charge is 0.481 e. The summed E-state index contributed by atoms with van der Waals surface area (Å²) >= 11 is 1.39. The van der Waals surface area contributed by atoms with Crippen molar-refractivity contribution < 1.29 is 14.3 Å². The molecule has 0 unspecified atom stereocenters. The number of hydrogen-bond acceptors (Lipinski definition) is 4. The van der Waals surface area contributed by atoms with Crippen molar-refractivity contribution in [3.05, 3.63) is 82.0 Å². The third-order valence-corrected chi connectivity index (χ3v) is 5.47. The van der Waals surface area contributed by atoms with E-state index in [0.717, 1.165) is 11.1 Å². The van der Waals surface area contributed by atoms with E-state index in [0.29, 0.717) is 29.4 Å².